The smallest absolute Gasteiger partial charge is 0.138 e. The van der Waals surface area contributed by atoms with Crippen LogP contribution in [0.15, 0.2) is 48.7 Å². The van der Waals surface area contributed by atoms with Crippen LogP contribution in [0.4, 0.5) is 0 Å². The molecule has 2 aromatic rings. The molecule has 3 nitrogen and oxygen atoms in total. The highest BCUT2D eigenvalue weighted by Gasteiger charge is 2.27. The maximum Gasteiger partial charge on any atom is 0.138 e. The lowest BCUT2D eigenvalue weighted by molar-refractivity contribution is 0.144. The molecule has 1 aromatic carbocycles. The Morgan fingerprint density at radius 2 is 2.05 bits per heavy atom. The van der Waals surface area contributed by atoms with Crippen LogP contribution in [0.25, 0.3) is 0 Å². The van der Waals surface area contributed by atoms with Gasteiger partial charge in [-0.2, -0.15) is 0 Å². The van der Waals surface area contributed by atoms with Crippen molar-refractivity contribution in [3.63, 3.8) is 0 Å². The lowest BCUT2D eigenvalue weighted by Crippen LogP contribution is -2.21. The van der Waals surface area contributed by atoms with Crippen molar-refractivity contribution in [3.05, 3.63) is 59.4 Å². The molecule has 104 valence electrons. The van der Waals surface area contributed by atoms with Crippen LogP contribution in [0.5, 0.6) is 5.75 Å². The van der Waals surface area contributed by atoms with Gasteiger partial charge < -0.3 is 10.1 Å². The summed E-state index contributed by atoms with van der Waals surface area (Å²) in [5, 5.41) is 3.88. The van der Waals surface area contributed by atoms with Gasteiger partial charge in [-0.05, 0) is 30.7 Å². The van der Waals surface area contributed by atoms with E-state index in [0.717, 1.165) is 25.3 Å². The van der Waals surface area contributed by atoms with E-state index in [1.165, 1.54) is 5.56 Å². The van der Waals surface area contributed by atoms with Crippen LogP contribution in [-0.4, -0.2) is 18.1 Å². The number of aromatic nitrogens is 1. The summed E-state index contributed by atoms with van der Waals surface area (Å²) in [7, 11) is 0. The van der Waals surface area contributed by atoms with Crippen molar-refractivity contribution in [1.29, 1.82) is 0 Å². The number of ether oxygens (including phenoxy) is 1. The molecule has 2 atom stereocenters. The molecule has 0 radical (unpaired) electrons. The summed E-state index contributed by atoms with van der Waals surface area (Å²) in [6.45, 7) is 2.04. The number of halogens is 1. The van der Waals surface area contributed by atoms with Crippen LogP contribution in [0.3, 0.4) is 0 Å². The Morgan fingerprint density at radius 3 is 2.70 bits per heavy atom. The van der Waals surface area contributed by atoms with Crippen molar-refractivity contribution in [3.8, 4) is 5.75 Å². The van der Waals surface area contributed by atoms with Gasteiger partial charge in [0, 0.05) is 12.5 Å². The standard InChI is InChI=1S/C16H17ClN2O/c17-15-7-6-14(11-19-15)20-16(13-8-9-18-10-13)12-4-2-1-3-5-12/h1-7,11,13,16,18H,8-10H2/t13?,16-/m1/s1. The second-order valence-corrected chi connectivity index (χ2v) is 5.41. The molecule has 1 aromatic heterocycles. The molecule has 1 aliphatic heterocycles. The van der Waals surface area contributed by atoms with E-state index in [-0.39, 0.29) is 6.10 Å². The Hall–Kier alpha value is -1.58. The average molecular weight is 289 g/mol. The first-order valence-corrected chi connectivity index (χ1v) is 7.24. The zero-order valence-corrected chi connectivity index (χ0v) is 11.9. The first-order valence-electron chi connectivity index (χ1n) is 6.87. The second kappa shape index (κ2) is 6.25. The van der Waals surface area contributed by atoms with Crippen molar-refractivity contribution in [2.45, 2.75) is 12.5 Å². The highest BCUT2D eigenvalue weighted by Crippen LogP contribution is 2.31. The van der Waals surface area contributed by atoms with Crippen LogP contribution in [0.2, 0.25) is 5.15 Å². The fraction of sp³-hybridized carbons (Fsp3) is 0.312. The summed E-state index contributed by atoms with van der Waals surface area (Å²) in [6.07, 6.45) is 2.86. The third-order valence-corrected chi connectivity index (χ3v) is 3.84. The van der Waals surface area contributed by atoms with E-state index in [2.05, 4.69) is 22.4 Å². The van der Waals surface area contributed by atoms with Crippen LogP contribution >= 0.6 is 11.6 Å². The van der Waals surface area contributed by atoms with Gasteiger partial charge in [-0.15, -0.1) is 0 Å². The molecule has 0 bridgehead atoms. The lowest BCUT2D eigenvalue weighted by Gasteiger charge is -2.24. The molecule has 1 saturated heterocycles. The molecule has 2 heterocycles. The van der Waals surface area contributed by atoms with E-state index in [1.807, 2.05) is 24.3 Å². The third kappa shape index (κ3) is 3.11. The van der Waals surface area contributed by atoms with Gasteiger partial charge >= 0.3 is 0 Å². The Bertz CT molecular complexity index is 538. The average Bonchev–Trinajstić information content (AvgIpc) is 3.01. The molecule has 20 heavy (non-hydrogen) atoms. The lowest BCUT2D eigenvalue weighted by atomic mass is 9.95. The van der Waals surface area contributed by atoms with E-state index < -0.39 is 0 Å². The Morgan fingerprint density at radius 1 is 1.20 bits per heavy atom. The molecule has 1 fully saturated rings. The normalized spacial score (nSPS) is 19.8. The maximum atomic E-state index is 6.18. The highest BCUT2D eigenvalue weighted by molar-refractivity contribution is 6.29. The molecule has 1 N–H and O–H groups in total. The number of hydrogen-bond donors (Lipinski definition) is 1. The van der Waals surface area contributed by atoms with E-state index in [4.69, 9.17) is 16.3 Å². The monoisotopic (exact) mass is 288 g/mol. The van der Waals surface area contributed by atoms with Crippen molar-refractivity contribution in [1.82, 2.24) is 10.3 Å². The number of nitrogens with zero attached hydrogens (tertiary/aromatic N) is 1. The largest absolute Gasteiger partial charge is 0.484 e. The number of nitrogens with one attached hydrogen (secondary N) is 1. The van der Waals surface area contributed by atoms with Crippen LogP contribution in [0, 0.1) is 5.92 Å². The quantitative estimate of drug-likeness (QED) is 0.875. The zero-order chi connectivity index (χ0) is 13.8. The SMILES string of the molecule is Clc1ccc(O[C@H](c2ccccc2)C2CCNC2)cn1. The minimum Gasteiger partial charge on any atom is -0.484 e. The zero-order valence-electron chi connectivity index (χ0n) is 11.1. The number of rotatable bonds is 4. The summed E-state index contributed by atoms with van der Waals surface area (Å²) in [5.41, 5.74) is 1.20. The fourth-order valence-electron chi connectivity index (χ4n) is 2.59. The maximum absolute atomic E-state index is 6.18. The van der Waals surface area contributed by atoms with E-state index in [1.54, 1.807) is 12.3 Å². The highest BCUT2D eigenvalue weighted by atomic mass is 35.5. The van der Waals surface area contributed by atoms with Crippen LogP contribution in [-0.2, 0) is 0 Å². The Labute approximate surface area is 123 Å². The van der Waals surface area contributed by atoms with E-state index >= 15 is 0 Å². The summed E-state index contributed by atoms with van der Waals surface area (Å²) < 4.78 is 6.18. The van der Waals surface area contributed by atoms with Gasteiger partial charge in [0.25, 0.3) is 0 Å². The predicted molar refractivity (Wildman–Crippen MR) is 80.0 cm³/mol. The summed E-state index contributed by atoms with van der Waals surface area (Å²) in [4.78, 5) is 4.08. The Balaban J connectivity index is 1.83. The molecule has 0 aliphatic carbocycles. The van der Waals surface area contributed by atoms with Gasteiger partial charge in [0.05, 0.1) is 6.20 Å². The summed E-state index contributed by atoms with van der Waals surface area (Å²) in [5.74, 6) is 1.24. The first kappa shape index (κ1) is 13.4. The molecule has 1 aliphatic rings. The number of hydrogen-bond acceptors (Lipinski definition) is 3. The van der Waals surface area contributed by atoms with Crippen LogP contribution < -0.4 is 10.1 Å². The van der Waals surface area contributed by atoms with Crippen LogP contribution in [0.1, 0.15) is 18.1 Å². The van der Waals surface area contributed by atoms with Gasteiger partial charge in [0.2, 0.25) is 0 Å². The molecule has 1 unspecified atom stereocenters. The van der Waals surface area contributed by atoms with E-state index in [0.29, 0.717) is 11.1 Å². The first-order chi connectivity index (χ1) is 9.83. The predicted octanol–water partition coefficient (Wildman–Crippen LogP) is 3.46. The van der Waals surface area contributed by atoms with Gasteiger partial charge in [0.1, 0.15) is 17.0 Å². The second-order valence-electron chi connectivity index (χ2n) is 5.02. The minimum atomic E-state index is 0.0502. The van der Waals surface area contributed by atoms with Crippen molar-refractivity contribution < 1.29 is 4.74 Å². The van der Waals surface area contributed by atoms with Gasteiger partial charge in [-0.1, -0.05) is 41.9 Å². The van der Waals surface area contributed by atoms with Crippen molar-refractivity contribution in [2.75, 3.05) is 13.1 Å². The molecule has 4 heteroatoms. The van der Waals surface area contributed by atoms with E-state index in [9.17, 15) is 0 Å². The topological polar surface area (TPSA) is 34.1 Å². The van der Waals surface area contributed by atoms with Gasteiger partial charge in [-0.3, -0.25) is 0 Å². The summed E-state index contributed by atoms with van der Waals surface area (Å²) in [6, 6.07) is 14.0. The molecule has 3 rings (SSSR count). The molecule has 0 saturated carbocycles. The molecular formula is C16H17ClN2O. The fourth-order valence-corrected chi connectivity index (χ4v) is 2.70. The number of benzene rings is 1. The molecular weight excluding hydrogens is 272 g/mol. The van der Waals surface area contributed by atoms with Crippen molar-refractivity contribution in [2.24, 2.45) is 5.92 Å². The Kier molecular flexibility index (Phi) is 4.19. The van der Waals surface area contributed by atoms with Gasteiger partial charge in [-0.25, -0.2) is 4.98 Å². The number of pyridine rings is 1. The van der Waals surface area contributed by atoms with Crippen molar-refractivity contribution >= 4 is 11.6 Å². The molecule has 0 amide bonds. The molecule has 0 spiro atoms. The third-order valence-electron chi connectivity index (χ3n) is 3.62. The minimum absolute atomic E-state index is 0.0502. The summed E-state index contributed by atoms with van der Waals surface area (Å²) >= 11 is 5.82. The van der Waals surface area contributed by atoms with Gasteiger partial charge in [0.15, 0.2) is 0 Å².